The molecule has 0 aliphatic rings. The van der Waals surface area contributed by atoms with Crippen LogP contribution in [0.25, 0.3) is 10.9 Å². The van der Waals surface area contributed by atoms with E-state index in [1.807, 2.05) is 25.1 Å². The van der Waals surface area contributed by atoms with E-state index in [2.05, 4.69) is 53.5 Å². The molecule has 0 aliphatic heterocycles. The van der Waals surface area contributed by atoms with Gasteiger partial charge in [0.2, 0.25) is 0 Å². The van der Waals surface area contributed by atoms with Gasteiger partial charge in [-0.1, -0.05) is 0 Å². The van der Waals surface area contributed by atoms with E-state index in [0.717, 1.165) is 24.6 Å². The van der Waals surface area contributed by atoms with Crippen LogP contribution in [-0.2, 0) is 0 Å². The number of aromatic nitrogens is 2. The summed E-state index contributed by atoms with van der Waals surface area (Å²) in [6.07, 6.45) is 5.10. The SMILES string of the molecule is CN(C)/C=N/c1c(I)cc(Br)c2cncnc12. The summed E-state index contributed by atoms with van der Waals surface area (Å²) >= 11 is 5.77. The molecule has 0 spiro atoms. The Labute approximate surface area is 121 Å². The third kappa shape index (κ3) is 2.74. The van der Waals surface area contributed by atoms with Crippen molar-refractivity contribution in [3.05, 3.63) is 26.6 Å². The Kier molecular flexibility index (Phi) is 3.93. The molecule has 1 heterocycles. The number of fused-ring (bicyclic) bond motifs is 1. The Balaban J connectivity index is 2.69. The molecule has 0 aliphatic carbocycles. The average Bonchev–Trinajstić information content (AvgIpc) is 2.28. The lowest BCUT2D eigenvalue weighted by Crippen LogP contribution is -2.07. The molecule has 0 atom stereocenters. The van der Waals surface area contributed by atoms with Gasteiger partial charge in [0.15, 0.2) is 0 Å². The maximum atomic E-state index is 4.46. The van der Waals surface area contributed by atoms with Gasteiger partial charge in [0.1, 0.15) is 17.5 Å². The van der Waals surface area contributed by atoms with Gasteiger partial charge in [0.05, 0.1) is 6.34 Å². The normalized spacial score (nSPS) is 11.3. The molecule has 1 aromatic carbocycles. The highest BCUT2D eigenvalue weighted by Crippen LogP contribution is 2.34. The first-order valence-electron chi connectivity index (χ1n) is 4.88. The highest BCUT2D eigenvalue weighted by atomic mass is 127. The number of nitrogens with zero attached hydrogens (tertiary/aromatic N) is 4. The maximum absolute atomic E-state index is 4.46. The second-order valence-corrected chi connectivity index (χ2v) is 5.70. The minimum Gasteiger partial charge on any atom is -0.369 e. The zero-order valence-electron chi connectivity index (χ0n) is 9.35. The van der Waals surface area contributed by atoms with Crippen LogP contribution in [0.3, 0.4) is 0 Å². The second-order valence-electron chi connectivity index (χ2n) is 3.68. The summed E-state index contributed by atoms with van der Waals surface area (Å²) in [5.74, 6) is 0. The molecular weight excluding hydrogens is 395 g/mol. The lowest BCUT2D eigenvalue weighted by molar-refractivity contribution is 0.643. The summed E-state index contributed by atoms with van der Waals surface area (Å²) in [7, 11) is 3.87. The highest BCUT2D eigenvalue weighted by Gasteiger charge is 2.09. The van der Waals surface area contributed by atoms with E-state index in [0.29, 0.717) is 0 Å². The minimum absolute atomic E-state index is 0.858. The third-order valence-electron chi connectivity index (χ3n) is 2.09. The molecule has 0 fully saturated rings. The molecule has 1 aromatic heterocycles. The van der Waals surface area contributed by atoms with Crippen LogP contribution in [0.15, 0.2) is 28.1 Å². The molecule has 0 N–H and O–H groups in total. The Hall–Kier alpha value is -0.760. The van der Waals surface area contributed by atoms with Crippen molar-refractivity contribution in [2.45, 2.75) is 0 Å². The first-order valence-corrected chi connectivity index (χ1v) is 6.75. The van der Waals surface area contributed by atoms with Crippen molar-refractivity contribution in [1.29, 1.82) is 0 Å². The molecular formula is C11H10BrIN4. The van der Waals surface area contributed by atoms with Crippen molar-refractivity contribution in [2.75, 3.05) is 14.1 Å². The summed E-state index contributed by atoms with van der Waals surface area (Å²) in [6, 6.07) is 2.02. The van der Waals surface area contributed by atoms with Gasteiger partial charge in [-0.05, 0) is 44.6 Å². The number of rotatable bonds is 2. The summed E-state index contributed by atoms with van der Waals surface area (Å²) in [5, 5.41) is 0.971. The van der Waals surface area contributed by atoms with Crippen LogP contribution in [-0.4, -0.2) is 35.3 Å². The summed E-state index contributed by atoms with van der Waals surface area (Å²) in [4.78, 5) is 14.7. The molecule has 0 unspecified atom stereocenters. The van der Waals surface area contributed by atoms with Crippen LogP contribution < -0.4 is 0 Å². The lowest BCUT2D eigenvalue weighted by Gasteiger charge is -2.07. The van der Waals surface area contributed by atoms with Crippen molar-refractivity contribution in [3.8, 4) is 0 Å². The van der Waals surface area contributed by atoms with Crippen molar-refractivity contribution < 1.29 is 0 Å². The molecule has 0 radical (unpaired) electrons. The van der Waals surface area contributed by atoms with Crippen LogP contribution in [0, 0.1) is 3.57 Å². The third-order valence-corrected chi connectivity index (χ3v) is 3.57. The average molecular weight is 405 g/mol. The predicted molar refractivity (Wildman–Crippen MR) is 81.8 cm³/mol. The molecule has 0 amide bonds. The monoisotopic (exact) mass is 404 g/mol. The fourth-order valence-electron chi connectivity index (χ4n) is 1.36. The van der Waals surface area contributed by atoms with Gasteiger partial charge in [-0.2, -0.15) is 0 Å². The largest absolute Gasteiger partial charge is 0.369 e. The Morgan fingerprint density at radius 2 is 2.24 bits per heavy atom. The van der Waals surface area contributed by atoms with E-state index in [1.165, 1.54) is 0 Å². The van der Waals surface area contributed by atoms with Gasteiger partial charge in [0.25, 0.3) is 0 Å². The number of aliphatic imine (C=N–C) groups is 1. The minimum atomic E-state index is 0.858. The Morgan fingerprint density at radius 3 is 2.94 bits per heavy atom. The lowest BCUT2D eigenvalue weighted by atomic mass is 10.2. The van der Waals surface area contributed by atoms with Crippen molar-refractivity contribution in [1.82, 2.24) is 14.9 Å². The van der Waals surface area contributed by atoms with E-state index in [9.17, 15) is 0 Å². The number of halogens is 2. The molecule has 4 nitrogen and oxygen atoms in total. The van der Waals surface area contributed by atoms with Crippen LogP contribution in [0.5, 0.6) is 0 Å². The standard InChI is InChI=1S/C11H10BrIN4/c1-17(2)6-16-11-9(13)3-8(12)7-4-14-5-15-10(7)11/h3-6H,1-2H3/b16-6+. The summed E-state index contributed by atoms with van der Waals surface area (Å²) < 4.78 is 2.04. The van der Waals surface area contributed by atoms with Gasteiger partial charge in [-0.25, -0.2) is 15.0 Å². The van der Waals surface area contributed by atoms with Gasteiger partial charge >= 0.3 is 0 Å². The van der Waals surface area contributed by atoms with Crippen molar-refractivity contribution in [2.24, 2.45) is 4.99 Å². The van der Waals surface area contributed by atoms with Crippen LogP contribution in [0.1, 0.15) is 0 Å². The molecule has 2 aromatic rings. The Bertz CT molecular complexity index is 583. The van der Waals surface area contributed by atoms with Crippen molar-refractivity contribution >= 4 is 61.4 Å². The quantitative estimate of drug-likeness (QED) is 0.438. The topological polar surface area (TPSA) is 41.4 Å². The maximum Gasteiger partial charge on any atom is 0.116 e. The van der Waals surface area contributed by atoms with Gasteiger partial charge in [-0.15, -0.1) is 0 Å². The van der Waals surface area contributed by atoms with Gasteiger partial charge in [0, 0.05) is 33.7 Å². The second kappa shape index (κ2) is 5.26. The van der Waals surface area contributed by atoms with E-state index in [4.69, 9.17) is 0 Å². The highest BCUT2D eigenvalue weighted by molar-refractivity contribution is 14.1. The molecule has 0 saturated carbocycles. The molecule has 0 saturated heterocycles. The smallest absolute Gasteiger partial charge is 0.116 e. The van der Waals surface area contributed by atoms with Gasteiger partial charge in [-0.3, -0.25) is 0 Å². The van der Waals surface area contributed by atoms with E-state index >= 15 is 0 Å². The zero-order valence-corrected chi connectivity index (χ0v) is 13.1. The fraction of sp³-hybridized carbons (Fsp3) is 0.182. The van der Waals surface area contributed by atoms with Crippen molar-refractivity contribution in [3.63, 3.8) is 0 Å². The van der Waals surface area contributed by atoms with Crippen LogP contribution in [0.4, 0.5) is 5.69 Å². The van der Waals surface area contributed by atoms with Crippen LogP contribution >= 0.6 is 38.5 Å². The van der Waals surface area contributed by atoms with Gasteiger partial charge < -0.3 is 4.90 Å². The number of benzene rings is 1. The first kappa shape index (κ1) is 12.7. The summed E-state index contributed by atoms with van der Waals surface area (Å²) in [6.45, 7) is 0. The molecule has 0 bridgehead atoms. The Morgan fingerprint density at radius 1 is 1.47 bits per heavy atom. The summed E-state index contributed by atoms with van der Waals surface area (Å²) in [5.41, 5.74) is 1.73. The van der Waals surface area contributed by atoms with E-state index in [1.54, 1.807) is 18.9 Å². The molecule has 6 heteroatoms. The zero-order chi connectivity index (χ0) is 12.4. The number of hydrogen-bond donors (Lipinski definition) is 0. The number of hydrogen-bond acceptors (Lipinski definition) is 3. The molecule has 88 valence electrons. The predicted octanol–water partition coefficient (Wildman–Crippen LogP) is 3.22. The fourth-order valence-corrected chi connectivity index (χ4v) is 3.01. The first-order chi connectivity index (χ1) is 8.09. The molecule has 2 rings (SSSR count). The van der Waals surface area contributed by atoms with E-state index < -0.39 is 0 Å². The van der Waals surface area contributed by atoms with E-state index in [-0.39, 0.29) is 0 Å². The molecule has 17 heavy (non-hydrogen) atoms. The van der Waals surface area contributed by atoms with Crippen LogP contribution in [0.2, 0.25) is 0 Å².